The lowest BCUT2D eigenvalue weighted by atomic mass is 10.2. The first-order chi connectivity index (χ1) is 14.7. The van der Waals surface area contributed by atoms with Crippen molar-refractivity contribution in [2.45, 2.75) is 12.5 Å². The van der Waals surface area contributed by atoms with Gasteiger partial charge in [0, 0.05) is 24.8 Å². The van der Waals surface area contributed by atoms with E-state index in [1.807, 2.05) is 18.2 Å². The van der Waals surface area contributed by atoms with E-state index in [1.165, 1.54) is 19.2 Å². The molecule has 5 rings (SSSR count). The van der Waals surface area contributed by atoms with Gasteiger partial charge in [-0.3, -0.25) is 4.79 Å². The number of carbonyl (C=O) groups excluding carboxylic acids is 1. The zero-order valence-corrected chi connectivity index (χ0v) is 16.3. The first-order valence-corrected chi connectivity index (χ1v) is 9.64. The second kappa shape index (κ2) is 7.29. The fourth-order valence-electron chi connectivity index (χ4n) is 3.99. The van der Waals surface area contributed by atoms with Gasteiger partial charge in [-0.15, -0.1) is 0 Å². The zero-order chi connectivity index (χ0) is 20.7. The van der Waals surface area contributed by atoms with Crippen molar-refractivity contribution in [3.8, 4) is 17.1 Å². The number of hydrogen-bond donors (Lipinski definition) is 0. The van der Waals surface area contributed by atoms with Gasteiger partial charge in [-0.2, -0.15) is 0 Å². The highest BCUT2D eigenvalue weighted by Crippen LogP contribution is 2.33. The lowest BCUT2D eigenvalue weighted by molar-refractivity contribution is 0.0787. The topological polar surface area (TPSA) is 73.4 Å². The maximum Gasteiger partial charge on any atom is 0.254 e. The molecule has 0 saturated carbocycles. The minimum Gasteiger partial charge on any atom is -0.494 e. The van der Waals surface area contributed by atoms with Crippen molar-refractivity contribution in [1.29, 1.82) is 0 Å². The van der Waals surface area contributed by atoms with E-state index in [4.69, 9.17) is 14.1 Å². The number of furan rings is 1. The van der Waals surface area contributed by atoms with Gasteiger partial charge in [-0.25, -0.2) is 14.4 Å². The first kappa shape index (κ1) is 18.4. The smallest absolute Gasteiger partial charge is 0.254 e. The maximum absolute atomic E-state index is 14.1. The van der Waals surface area contributed by atoms with Gasteiger partial charge in [-0.05, 0) is 42.8 Å². The largest absolute Gasteiger partial charge is 0.494 e. The number of pyridine rings is 1. The molecule has 0 spiro atoms. The molecule has 1 amide bonds. The van der Waals surface area contributed by atoms with Crippen LogP contribution in [0, 0.1) is 5.82 Å². The Morgan fingerprint density at radius 3 is 2.97 bits per heavy atom. The summed E-state index contributed by atoms with van der Waals surface area (Å²) in [6.45, 7) is 1.05. The van der Waals surface area contributed by atoms with Gasteiger partial charge in [0.2, 0.25) is 0 Å². The molecule has 8 heteroatoms. The third-order valence-electron chi connectivity index (χ3n) is 5.44. The van der Waals surface area contributed by atoms with E-state index in [1.54, 1.807) is 29.7 Å². The standard InChI is InChI=1S/C22H19FN4O3/c1-29-19-5-4-14(11-17(19)23)22(28)26-9-6-16(12-26)27-20(15-7-10-30-13-15)25-18-3-2-8-24-21(18)27/h2-5,7-8,10-11,13,16H,6,9,12H2,1H3/t16-/m0/s1. The Kier molecular flexibility index (Phi) is 4.46. The summed E-state index contributed by atoms with van der Waals surface area (Å²) in [6, 6.07) is 9.90. The van der Waals surface area contributed by atoms with Crippen LogP contribution in [-0.4, -0.2) is 45.5 Å². The molecule has 152 valence electrons. The zero-order valence-electron chi connectivity index (χ0n) is 16.3. The van der Waals surface area contributed by atoms with E-state index in [0.717, 1.165) is 29.0 Å². The lowest BCUT2D eigenvalue weighted by Gasteiger charge is -2.19. The van der Waals surface area contributed by atoms with Crippen LogP contribution in [0.3, 0.4) is 0 Å². The number of hydrogen-bond acceptors (Lipinski definition) is 5. The normalized spacial score (nSPS) is 16.3. The Bertz CT molecular complexity index is 1220. The van der Waals surface area contributed by atoms with Crippen molar-refractivity contribution < 1.29 is 18.3 Å². The number of carbonyl (C=O) groups is 1. The van der Waals surface area contributed by atoms with Gasteiger partial charge in [0.15, 0.2) is 17.2 Å². The molecule has 0 bridgehead atoms. The number of methoxy groups -OCH3 is 1. The fraction of sp³-hybridized carbons (Fsp3) is 0.227. The van der Waals surface area contributed by atoms with E-state index in [2.05, 4.69) is 9.55 Å². The highest BCUT2D eigenvalue weighted by molar-refractivity contribution is 5.94. The Labute approximate surface area is 171 Å². The van der Waals surface area contributed by atoms with Gasteiger partial charge in [-0.1, -0.05) is 0 Å². The number of fused-ring (bicyclic) bond motifs is 1. The van der Waals surface area contributed by atoms with Crippen molar-refractivity contribution in [3.63, 3.8) is 0 Å². The molecule has 0 aliphatic carbocycles. The monoisotopic (exact) mass is 406 g/mol. The van der Waals surface area contributed by atoms with Crippen molar-refractivity contribution in [2.24, 2.45) is 0 Å². The number of ether oxygens (including phenoxy) is 1. The summed E-state index contributed by atoms with van der Waals surface area (Å²) in [5.41, 5.74) is 2.71. The molecular formula is C22H19FN4O3. The van der Waals surface area contributed by atoms with Crippen LogP contribution in [0.2, 0.25) is 0 Å². The predicted molar refractivity (Wildman–Crippen MR) is 108 cm³/mol. The third-order valence-corrected chi connectivity index (χ3v) is 5.44. The molecule has 1 saturated heterocycles. The summed E-state index contributed by atoms with van der Waals surface area (Å²) in [5, 5.41) is 0. The third kappa shape index (κ3) is 3.01. The highest BCUT2D eigenvalue weighted by Gasteiger charge is 2.31. The molecule has 4 heterocycles. The van der Waals surface area contributed by atoms with Crippen LogP contribution in [-0.2, 0) is 0 Å². The number of aromatic nitrogens is 3. The molecular weight excluding hydrogens is 387 g/mol. The van der Waals surface area contributed by atoms with E-state index in [-0.39, 0.29) is 17.7 Å². The molecule has 0 N–H and O–H groups in total. The summed E-state index contributed by atoms with van der Waals surface area (Å²) in [7, 11) is 1.39. The number of imidazole rings is 1. The Hall–Kier alpha value is -3.68. The molecule has 0 unspecified atom stereocenters. The van der Waals surface area contributed by atoms with Crippen molar-refractivity contribution in [3.05, 3.63) is 66.5 Å². The number of halogens is 1. The minimum absolute atomic E-state index is 0.00171. The summed E-state index contributed by atoms with van der Waals surface area (Å²) >= 11 is 0. The van der Waals surface area contributed by atoms with Gasteiger partial charge < -0.3 is 18.6 Å². The first-order valence-electron chi connectivity index (χ1n) is 9.64. The van der Waals surface area contributed by atoms with Crippen LogP contribution < -0.4 is 4.74 Å². The van der Waals surface area contributed by atoms with Gasteiger partial charge >= 0.3 is 0 Å². The fourth-order valence-corrected chi connectivity index (χ4v) is 3.99. The van der Waals surface area contributed by atoms with Gasteiger partial charge in [0.05, 0.1) is 25.0 Å². The predicted octanol–water partition coefficient (Wildman–Crippen LogP) is 3.93. The number of nitrogens with zero attached hydrogens (tertiary/aromatic N) is 4. The molecule has 30 heavy (non-hydrogen) atoms. The van der Waals surface area contributed by atoms with Crippen molar-refractivity contribution >= 4 is 17.1 Å². The quantitative estimate of drug-likeness (QED) is 0.514. The van der Waals surface area contributed by atoms with E-state index in [0.29, 0.717) is 18.7 Å². The molecule has 7 nitrogen and oxygen atoms in total. The SMILES string of the molecule is COc1ccc(C(=O)N2CC[C@H](n3c(-c4ccoc4)nc4cccnc43)C2)cc1F. The average Bonchev–Trinajstić information content (AvgIpc) is 3.51. The van der Waals surface area contributed by atoms with E-state index >= 15 is 0 Å². The molecule has 0 radical (unpaired) electrons. The van der Waals surface area contributed by atoms with Crippen LogP contribution in [0.25, 0.3) is 22.6 Å². The van der Waals surface area contributed by atoms with Crippen molar-refractivity contribution in [1.82, 2.24) is 19.4 Å². The van der Waals surface area contributed by atoms with E-state index < -0.39 is 5.82 Å². The van der Waals surface area contributed by atoms with Crippen LogP contribution in [0.4, 0.5) is 4.39 Å². The maximum atomic E-state index is 14.1. The highest BCUT2D eigenvalue weighted by atomic mass is 19.1. The number of amides is 1. The molecule has 1 aliphatic heterocycles. The summed E-state index contributed by atoms with van der Waals surface area (Å²) < 4.78 is 26.3. The summed E-state index contributed by atoms with van der Waals surface area (Å²) in [6.07, 6.45) is 5.74. The summed E-state index contributed by atoms with van der Waals surface area (Å²) in [4.78, 5) is 23.9. The van der Waals surface area contributed by atoms with E-state index in [9.17, 15) is 9.18 Å². The van der Waals surface area contributed by atoms with Crippen LogP contribution in [0.1, 0.15) is 22.8 Å². The van der Waals surface area contributed by atoms with Crippen LogP contribution in [0.15, 0.2) is 59.5 Å². The second-order valence-corrected chi connectivity index (χ2v) is 7.21. The molecule has 4 aromatic rings. The second-order valence-electron chi connectivity index (χ2n) is 7.21. The molecule has 1 aliphatic rings. The molecule has 1 fully saturated rings. The molecule has 1 atom stereocenters. The molecule has 1 aromatic carbocycles. The number of benzene rings is 1. The summed E-state index contributed by atoms with van der Waals surface area (Å²) in [5.74, 6) is 0.117. The van der Waals surface area contributed by atoms with Crippen molar-refractivity contribution in [2.75, 3.05) is 20.2 Å². The number of likely N-dealkylation sites (tertiary alicyclic amines) is 1. The minimum atomic E-state index is -0.550. The Morgan fingerprint density at radius 1 is 1.30 bits per heavy atom. The van der Waals surface area contributed by atoms with Crippen LogP contribution in [0.5, 0.6) is 5.75 Å². The average molecular weight is 406 g/mol. The lowest BCUT2D eigenvalue weighted by Crippen LogP contribution is -2.29. The Balaban J connectivity index is 1.46. The Morgan fingerprint density at radius 2 is 2.20 bits per heavy atom. The van der Waals surface area contributed by atoms with Gasteiger partial charge in [0.1, 0.15) is 17.6 Å². The van der Waals surface area contributed by atoms with Crippen LogP contribution >= 0.6 is 0 Å². The number of rotatable bonds is 4. The molecule has 3 aromatic heterocycles. The van der Waals surface area contributed by atoms with Gasteiger partial charge in [0.25, 0.3) is 5.91 Å².